The van der Waals surface area contributed by atoms with Gasteiger partial charge in [-0.2, -0.15) is 0 Å². The molecule has 2 aliphatic heterocycles. The predicted molar refractivity (Wildman–Crippen MR) is 145 cm³/mol. The summed E-state index contributed by atoms with van der Waals surface area (Å²) in [7, 11) is 3.04. The van der Waals surface area contributed by atoms with Gasteiger partial charge >= 0.3 is 0 Å². The van der Waals surface area contributed by atoms with Crippen LogP contribution in [0.2, 0.25) is 0 Å². The second kappa shape index (κ2) is 8.16. The fourth-order valence-corrected chi connectivity index (χ4v) is 8.36. The van der Waals surface area contributed by atoms with E-state index in [1.165, 1.54) is 24.0 Å². The van der Waals surface area contributed by atoms with Crippen molar-refractivity contribution in [1.29, 1.82) is 0 Å². The number of nitrogens with zero attached hydrogens (tertiary/aromatic N) is 2. The molecule has 0 N–H and O–H groups in total. The van der Waals surface area contributed by atoms with Crippen LogP contribution in [0.25, 0.3) is 11.1 Å². The Kier molecular flexibility index (Phi) is 4.83. The van der Waals surface area contributed by atoms with Gasteiger partial charge in [0, 0.05) is 0 Å². The molecule has 2 saturated heterocycles. The number of hydrogen-bond donors (Lipinski definition) is 0. The molecule has 8 nitrogen and oxygen atoms in total. The maximum absolute atomic E-state index is 13.4. The number of hydrogen-bond acceptors (Lipinski definition) is 6. The third kappa shape index (κ3) is 2.91. The van der Waals surface area contributed by atoms with Crippen molar-refractivity contribution in [2.45, 2.75) is 12.8 Å². The van der Waals surface area contributed by atoms with Crippen molar-refractivity contribution >= 4 is 35.0 Å². The summed E-state index contributed by atoms with van der Waals surface area (Å²) in [5.41, 5.74) is 2.46. The highest BCUT2D eigenvalue weighted by Gasteiger charge is 2.61. The van der Waals surface area contributed by atoms with E-state index in [0.29, 0.717) is 22.9 Å². The van der Waals surface area contributed by atoms with Crippen LogP contribution in [0.3, 0.4) is 0 Å². The van der Waals surface area contributed by atoms with Crippen LogP contribution in [-0.4, -0.2) is 37.8 Å². The maximum atomic E-state index is 13.4. The van der Waals surface area contributed by atoms with Crippen LogP contribution >= 0.6 is 0 Å². The molecule has 2 aromatic rings. The molecule has 40 heavy (non-hydrogen) atoms. The van der Waals surface area contributed by atoms with Gasteiger partial charge in [0.15, 0.2) is 0 Å². The van der Waals surface area contributed by atoms with Crippen molar-refractivity contribution in [2.75, 3.05) is 24.0 Å². The molecule has 0 aromatic heterocycles. The Morgan fingerprint density at radius 3 is 1.18 bits per heavy atom. The molecule has 202 valence electrons. The van der Waals surface area contributed by atoms with E-state index < -0.39 is 0 Å². The molecule has 0 radical (unpaired) electrons. The molecule has 4 fully saturated rings. The number of imide groups is 2. The van der Waals surface area contributed by atoms with Crippen LogP contribution in [0, 0.1) is 47.3 Å². The van der Waals surface area contributed by atoms with Crippen molar-refractivity contribution in [3.8, 4) is 22.6 Å². The molecule has 8 heteroatoms. The number of amides is 4. The van der Waals surface area contributed by atoms with Gasteiger partial charge in [-0.15, -0.1) is 0 Å². The third-order valence-corrected chi connectivity index (χ3v) is 10.1. The molecule has 0 unspecified atom stereocenters. The van der Waals surface area contributed by atoms with E-state index in [1.54, 1.807) is 24.3 Å². The Bertz CT molecular complexity index is 1410. The number of benzene rings is 2. The summed E-state index contributed by atoms with van der Waals surface area (Å²) in [5.74, 6) is -0.399. The number of carbonyl (C=O) groups excluding carboxylic acids is 4. The zero-order valence-electron chi connectivity index (χ0n) is 22.2. The number of fused-ring (bicyclic) bond motifs is 10. The first-order valence-corrected chi connectivity index (χ1v) is 13.9. The molecule has 0 spiro atoms. The number of ether oxygens (including phenoxy) is 2. The lowest BCUT2D eigenvalue weighted by atomic mass is 9.85. The fourth-order valence-electron chi connectivity index (χ4n) is 8.36. The quantitative estimate of drug-likeness (QED) is 0.424. The van der Waals surface area contributed by atoms with E-state index in [2.05, 4.69) is 24.3 Å². The first-order chi connectivity index (χ1) is 19.4. The second-order valence-electron chi connectivity index (χ2n) is 11.8. The van der Waals surface area contributed by atoms with Crippen LogP contribution in [-0.2, 0) is 19.2 Å². The van der Waals surface area contributed by atoms with E-state index in [4.69, 9.17) is 9.47 Å². The second-order valence-corrected chi connectivity index (χ2v) is 11.8. The summed E-state index contributed by atoms with van der Waals surface area (Å²) < 4.78 is 11.3. The molecule has 8 atom stereocenters. The minimum Gasteiger partial charge on any atom is -0.495 e. The van der Waals surface area contributed by atoms with Crippen LogP contribution in [0.5, 0.6) is 11.5 Å². The molecule has 2 heterocycles. The first kappa shape index (κ1) is 23.7. The number of carbonyl (C=O) groups is 4. The molecule has 6 aliphatic rings. The summed E-state index contributed by atoms with van der Waals surface area (Å²) >= 11 is 0. The van der Waals surface area contributed by atoms with Crippen molar-refractivity contribution in [1.82, 2.24) is 0 Å². The Hall–Kier alpha value is -4.20. The molecule has 4 aliphatic carbocycles. The lowest BCUT2D eigenvalue weighted by Gasteiger charge is -2.22. The topological polar surface area (TPSA) is 93.2 Å². The Morgan fingerprint density at radius 2 is 0.875 bits per heavy atom. The number of rotatable bonds is 5. The number of allylic oxidation sites excluding steroid dienone is 4. The molecular weight excluding hydrogens is 508 g/mol. The Labute approximate surface area is 231 Å². The van der Waals surface area contributed by atoms with Crippen LogP contribution < -0.4 is 19.3 Å². The van der Waals surface area contributed by atoms with Gasteiger partial charge in [-0.25, -0.2) is 9.80 Å². The summed E-state index contributed by atoms with van der Waals surface area (Å²) in [4.78, 5) is 56.1. The molecule has 4 bridgehead atoms. The first-order valence-electron chi connectivity index (χ1n) is 13.9. The van der Waals surface area contributed by atoms with Crippen molar-refractivity contribution < 1.29 is 28.7 Å². The molecule has 8 rings (SSSR count). The van der Waals surface area contributed by atoms with E-state index in [9.17, 15) is 19.2 Å². The summed E-state index contributed by atoms with van der Waals surface area (Å²) in [6, 6.07) is 10.8. The lowest BCUT2D eigenvalue weighted by Crippen LogP contribution is -2.33. The van der Waals surface area contributed by atoms with Gasteiger partial charge in [0.05, 0.1) is 49.3 Å². The van der Waals surface area contributed by atoms with Crippen LogP contribution in [0.1, 0.15) is 12.8 Å². The van der Waals surface area contributed by atoms with Gasteiger partial charge in [0.1, 0.15) is 11.5 Å². The number of methoxy groups -OCH3 is 2. The zero-order chi connectivity index (χ0) is 27.4. The van der Waals surface area contributed by atoms with Gasteiger partial charge in [-0.3, -0.25) is 19.2 Å². The SMILES string of the molecule is COc1cc(-c2ccc(N3C(=O)[C@H]4[C@H](C3=O)[C@H]3C=C[C@H]4C3)c(OC)c2)ccc1N1C(=O)[C@H]2[C@H](C1=O)[C@H]1C=C[C@H]2C1. The standard InChI is InChI=1S/C32H28N2O6/c1-39-23-13-15(7-9-21(23)33-29(35)25-17-3-4-18(11-17)26(25)30(33)36)16-8-10-22(24(14-16)40-2)34-31(37)27-19-5-6-20(12-19)28(27)32(34)38/h3-10,13-14,17-20,25-28H,11-12H2,1-2H3/t17-,18-,19-,20-,25+,26+,27+,28+/m0/s1. The highest BCUT2D eigenvalue weighted by atomic mass is 16.5. The monoisotopic (exact) mass is 536 g/mol. The number of anilines is 2. The van der Waals surface area contributed by atoms with E-state index in [0.717, 1.165) is 24.0 Å². The smallest absolute Gasteiger partial charge is 0.238 e. The molecule has 2 aromatic carbocycles. The van der Waals surface area contributed by atoms with Crippen molar-refractivity contribution in [2.24, 2.45) is 47.3 Å². The minimum absolute atomic E-state index is 0.132. The maximum Gasteiger partial charge on any atom is 0.238 e. The van der Waals surface area contributed by atoms with Crippen molar-refractivity contribution in [3.63, 3.8) is 0 Å². The van der Waals surface area contributed by atoms with Gasteiger partial charge in [-0.1, -0.05) is 36.4 Å². The molecular formula is C32H28N2O6. The average Bonchev–Trinajstić information content (AvgIpc) is 3.81. The molecule has 2 saturated carbocycles. The van der Waals surface area contributed by atoms with Crippen LogP contribution in [0.15, 0.2) is 60.7 Å². The summed E-state index contributed by atoms with van der Waals surface area (Å²) in [6.07, 6.45) is 10.1. The average molecular weight is 537 g/mol. The highest BCUT2D eigenvalue weighted by Crippen LogP contribution is 2.55. The van der Waals surface area contributed by atoms with Gasteiger partial charge in [-0.05, 0) is 71.9 Å². The predicted octanol–water partition coefficient (Wildman–Crippen LogP) is 3.99. The van der Waals surface area contributed by atoms with Crippen molar-refractivity contribution in [3.05, 3.63) is 60.7 Å². The fraction of sp³-hybridized carbons (Fsp3) is 0.375. The minimum atomic E-state index is -0.287. The van der Waals surface area contributed by atoms with Gasteiger partial charge < -0.3 is 9.47 Å². The van der Waals surface area contributed by atoms with E-state index in [-0.39, 0.29) is 71.0 Å². The van der Waals surface area contributed by atoms with Gasteiger partial charge in [0.25, 0.3) is 0 Å². The normalized spacial score (nSPS) is 34.5. The van der Waals surface area contributed by atoms with Gasteiger partial charge in [0.2, 0.25) is 23.6 Å². The Balaban J connectivity index is 1.11. The lowest BCUT2D eigenvalue weighted by molar-refractivity contribution is -0.124. The zero-order valence-corrected chi connectivity index (χ0v) is 22.2. The van der Waals surface area contributed by atoms with E-state index >= 15 is 0 Å². The highest BCUT2D eigenvalue weighted by molar-refractivity contribution is 6.24. The third-order valence-electron chi connectivity index (χ3n) is 10.1. The van der Waals surface area contributed by atoms with E-state index in [1.807, 2.05) is 12.1 Å². The summed E-state index contributed by atoms with van der Waals surface area (Å²) in [6.45, 7) is 0. The summed E-state index contributed by atoms with van der Waals surface area (Å²) in [5, 5.41) is 0. The van der Waals surface area contributed by atoms with Crippen LogP contribution in [0.4, 0.5) is 11.4 Å². The molecule has 4 amide bonds. The largest absolute Gasteiger partial charge is 0.495 e. The Morgan fingerprint density at radius 1 is 0.550 bits per heavy atom.